The number of nitrogens with zero attached hydrogens (tertiary/aromatic N) is 3. The lowest BCUT2D eigenvalue weighted by Gasteiger charge is -2.35. The fraction of sp³-hybridized carbons (Fsp3) is 0.651. The summed E-state index contributed by atoms with van der Waals surface area (Å²) in [7, 11) is -4.31. The molecule has 1 N–H and O–H groups in total. The van der Waals surface area contributed by atoms with Crippen molar-refractivity contribution in [1.82, 2.24) is 9.21 Å². The fourth-order valence-corrected chi connectivity index (χ4v) is 12.6. The summed E-state index contributed by atoms with van der Waals surface area (Å²) in [4.78, 5) is 48.8. The van der Waals surface area contributed by atoms with Gasteiger partial charge in [0.1, 0.15) is 4.90 Å². The van der Waals surface area contributed by atoms with E-state index in [0.29, 0.717) is 47.2 Å². The molecule has 422 valence electrons. The summed E-state index contributed by atoms with van der Waals surface area (Å²) < 4.78 is 49.4. The van der Waals surface area contributed by atoms with Gasteiger partial charge in [-0.15, -0.1) is 0 Å². The zero-order valence-corrected chi connectivity index (χ0v) is 49.5. The minimum Gasteiger partial charge on any atom is -0.489 e. The smallest absolute Gasteiger partial charge is 0.418 e. The van der Waals surface area contributed by atoms with E-state index in [0.717, 1.165) is 61.2 Å². The highest BCUT2D eigenvalue weighted by atomic mass is 32.2. The Balaban J connectivity index is 1.36. The summed E-state index contributed by atoms with van der Waals surface area (Å²) in [5.41, 5.74) is -0.0954. The fourth-order valence-electron chi connectivity index (χ4n) is 11.0. The number of para-hydroxylation sites is 3. The zero-order chi connectivity index (χ0) is 55.7. The molecule has 3 aromatic rings. The van der Waals surface area contributed by atoms with Crippen LogP contribution < -0.4 is 14.8 Å². The summed E-state index contributed by atoms with van der Waals surface area (Å²) in [6, 6.07) is 17.3. The van der Waals surface area contributed by atoms with Gasteiger partial charge in [0, 0.05) is 6.54 Å². The molecule has 4 unspecified atom stereocenters. The van der Waals surface area contributed by atoms with Crippen LogP contribution in [0.4, 0.5) is 16.2 Å². The van der Waals surface area contributed by atoms with Gasteiger partial charge in [-0.2, -0.15) is 0 Å². The lowest BCUT2D eigenvalue weighted by molar-refractivity contribution is -0.137. The van der Waals surface area contributed by atoms with Crippen LogP contribution in [0.1, 0.15) is 210 Å². The van der Waals surface area contributed by atoms with Gasteiger partial charge in [-0.25, -0.2) is 23.1 Å². The number of hydrogen-bond donors (Lipinski definition) is 1. The lowest BCUT2D eigenvalue weighted by atomic mass is 9.76. The second-order valence-electron chi connectivity index (χ2n) is 25.1. The highest BCUT2D eigenvalue weighted by molar-refractivity contribution is 7.90. The van der Waals surface area contributed by atoms with Gasteiger partial charge in [0.2, 0.25) is 0 Å². The van der Waals surface area contributed by atoms with Gasteiger partial charge in [-0.1, -0.05) is 195 Å². The molecule has 2 heterocycles. The van der Waals surface area contributed by atoms with Crippen molar-refractivity contribution in [1.29, 1.82) is 0 Å². The van der Waals surface area contributed by atoms with E-state index in [2.05, 4.69) is 67.6 Å². The molecule has 0 radical (unpaired) electrons. The van der Waals surface area contributed by atoms with E-state index in [1.54, 1.807) is 30.3 Å². The lowest BCUT2D eigenvalue weighted by Crippen LogP contribution is -2.59. The van der Waals surface area contributed by atoms with Crippen LogP contribution in [0.3, 0.4) is 0 Å². The third-order valence-electron chi connectivity index (χ3n) is 14.8. The molecule has 0 aromatic heterocycles. The largest absolute Gasteiger partial charge is 0.489 e. The van der Waals surface area contributed by atoms with E-state index in [-0.39, 0.29) is 45.2 Å². The number of rotatable bonds is 32. The number of aryl methyl sites for hydroxylation is 1. The predicted molar refractivity (Wildman–Crippen MR) is 309 cm³/mol. The van der Waals surface area contributed by atoms with Gasteiger partial charge in [-0.05, 0) is 117 Å². The van der Waals surface area contributed by atoms with Crippen LogP contribution in [0.25, 0.3) is 0 Å². The van der Waals surface area contributed by atoms with Gasteiger partial charge in [0.15, 0.2) is 34.7 Å². The first-order valence-electron chi connectivity index (χ1n) is 29.0. The Bertz CT molecular complexity index is 2490. The molecule has 0 aliphatic carbocycles. The standard InChI is InChI=1S/C63H96N4O8S/c1-13-14-15-16-17-18-19-20-21-22-23-24-25-26-27-32-41-66-57(64-50-33-28-31-36-55(50)76(66,71)72)56(67-59(69)63(11,12)75-60(67)70)58(68)65-51-42-46(2)38-40-52(51)74-54-35-30-29-34-53(54)73-45-49(48(4)44-62(8,9)10)39-37-47(3)43-61(5,6)7/h28-31,33-36,38,40,42,47-49,56H,13-27,32,37,39,41,43-45H2,1-12H3,(H,65,68). The molecule has 13 heteroatoms. The summed E-state index contributed by atoms with van der Waals surface area (Å²) in [5.74, 6) is 0.602. The minimum absolute atomic E-state index is 0.0143. The van der Waals surface area contributed by atoms with Crippen molar-refractivity contribution in [3.63, 3.8) is 0 Å². The van der Waals surface area contributed by atoms with Crippen molar-refractivity contribution < 1.29 is 37.0 Å². The Morgan fingerprint density at radius 2 is 1.28 bits per heavy atom. The number of aliphatic imine (C=N–C) groups is 1. The number of benzene rings is 3. The monoisotopic (exact) mass is 1070 g/mol. The summed E-state index contributed by atoms with van der Waals surface area (Å²) in [6.07, 6.45) is 21.9. The number of unbranched alkanes of at least 4 members (excludes halogenated alkanes) is 15. The van der Waals surface area contributed by atoms with Crippen molar-refractivity contribution in [3.8, 4) is 17.2 Å². The van der Waals surface area contributed by atoms with Crippen LogP contribution in [0, 0.1) is 35.5 Å². The van der Waals surface area contributed by atoms with Crippen molar-refractivity contribution in [2.24, 2.45) is 33.6 Å². The van der Waals surface area contributed by atoms with E-state index in [4.69, 9.17) is 19.2 Å². The molecule has 0 saturated carbocycles. The second-order valence-corrected chi connectivity index (χ2v) is 26.9. The van der Waals surface area contributed by atoms with E-state index < -0.39 is 39.6 Å². The number of anilines is 1. The Morgan fingerprint density at radius 3 is 1.84 bits per heavy atom. The van der Waals surface area contributed by atoms with E-state index in [1.807, 2.05) is 37.3 Å². The first kappa shape index (κ1) is 61.9. The number of amides is 3. The maximum absolute atomic E-state index is 15.2. The SMILES string of the molecule is CCCCCCCCCCCCCCCCCCN1C(C(C(=O)Nc2cc(C)ccc2Oc2ccccc2OCC(CCC(C)CC(C)(C)C)C(C)CC(C)(C)C)N2C(=O)OC(C)(C)C2=O)=Nc2ccccc2S1(=O)=O. The zero-order valence-electron chi connectivity index (χ0n) is 48.7. The quantitative estimate of drug-likeness (QED) is 0.0609. The molecule has 3 aromatic carbocycles. The number of sulfonamides is 1. The number of ether oxygens (including phenoxy) is 3. The number of imide groups is 1. The van der Waals surface area contributed by atoms with E-state index in [1.165, 1.54) is 90.5 Å². The first-order valence-corrected chi connectivity index (χ1v) is 30.4. The number of fused-ring (bicyclic) bond motifs is 1. The van der Waals surface area contributed by atoms with Crippen LogP contribution in [0.2, 0.25) is 0 Å². The average molecular weight is 1070 g/mol. The summed E-state index contributed by atoms with van der Waals surface area (Å²) in [5, 5.41) is 2.95. The number of carbonyl (C=O) groups excluding carboxylic acids is 3. The highest BCUT2D eigenvalue weighted by Gasteiger charge is 2.55. The van der Waals surface area contributed by atoms with E-state index in [9.17, 15) is 18.0 Å². The number of cyclic esters (lactones) is 1. The third-order valence-corrected chi connectivity index (χ3v) is 16.7. The maximum Gasteiger partial charge on any atom is 0.418 e. The molecule has 0 bridgehead atoms. The Hall–Kier alpha value is -4.91. The van der Waals surface area contributed by atoms with Gasteiger partial charge < -0.3 is 19.5 Å². The third kappa shape index (κ3) is 18.6. The molecule has 4 atom stereocenters. The molecular formula is C63H96N4O8S. The molecule has 12 nitrogen and oxygen atoms in total. The Morgan fingerprint density at radius 1 is 0.724 bits per heavy atom. The highest BCUT2D eigenvalue weighted by Crippen LogP contribution is 2.40. The van der Waals surface area contributed by atoms with Gasteiger partial charge >= 0.3 is 6.09 Å². The molecule has 76 heavy (non-hydrogen) atoms. The van der Waals surface area contributed by atoms with Crippen molar-refractivity contribution in [2.45, 2.75) is 228 Å². The number of amidine groups is 1. The topological polar surface area (TPSA) is 144 Å². The van der Waals surface area contributed by atoms with Gasteiger partial charge in [-0.3, -0.25) is 13.9 Å². The second kappa shape index (κ2) is 28.6. The van der Waals surface area contributed by atoms with Gasteiger partial charge in [0.05, 0.1) is 18.0 Å². The van der Waals surface area contributed by atoms with Crippen LogP contribution in [-0.4, -0.2) is 66.2 Å². The molecule has 2 aliphatic heterocycles. The number of hydrogen-bond acceptors (Lipinski definition) is 9. The van der Waals surface area contributed by atoms with Crippen molar-refractivity contribution in [2.75, 3.05) is 18.5 Å². The molecule has 5 rings (SSSR count). The Labute approximate surface area is 459 Å². The summed E-state index contributed by atoms with van der Waals surface area (Å²) >= 11 is 0. The first-order chi connectivity index (χ1) is 35.9. The van der Waals surface area contributed by atoms with Crippen LogP contribution in [0.15, 0.2) is 76.6 Å². The predicted octanol–water partition coefficient (Wildman–Crippen LogP) is 16.8. The number of carbonyl (C=O) groups is 3. The van der Waals surface area contributed by atoms with Crippen LogP contribution in [-0.2, 0) is 24.3 Å². The average Bonchev–Trinajstić information content (AvgIpc) is 3.54. The molecule has 1 saturated heterocycles. The molecule has 2 aliphatic rings. The molecule has 0 spiro atoms. The molecular weight excluding hydrogens is 973 g/mol. The van der Waals surface area contributed by atoms with Gasteiger partial charge in [0.25, 0.3) is 21.8 Å². The molecule has 1 fully saturated rings. The maximum atomic E-state index is 15.2. The Kier molecular flexibility index (Phi) is 23.3. The van der Waals surface area contributed by atoms with Crippen molar-refractivity contribution in [3.05, 3.63) is 72.3 Å². The summed E-state index contributed by atoms with van der Waals surface area (Å²) in [6.45, 7) is 25.9. The number of nitrogens with one attached hydrogen (secondary N) is 1. The van der Waals surface area contributed by atoms with E-state index >= 15 is 4.79 Å². The molecule has 3 amide bonds. The van der Waals surface area contributed by atoms with Crippen molar-refractivity contribution >= 4 is 45.1 Å². The van der Waals surface area contributed by atoms with Crippen LogP contribution >= 0.6 is 0 Å². The van der Waals surface area contributed by atoms with Crippen LogP contribution in [0.5, 0.6) is 17.2 Å². The normalized spacial score (nSPS) is 16.9. The minimum atomic E-state index is -4.31.